The van der Waals surface area contributed by atoms with E-state index in [0.717, 1.165) is 18.4 Å². The number of rotatable bonds is 13. The van der Waals surface area contributed by atoms with Crippen molar-refractivity contribution in [2.45, 2.75) is 58.3 Å². The van der Waals surface area contributed by atoms with Gasteiger partial charge in [-0.1, -0.05) is 45.4 Å². The highest BCUT2D eigenvalue weighted by atomic mass is 16.5. The third-order valence-corrected chi connectivity index (χ3v) is 4.10. The minimum Gasteiger partial charge on any atom is -0.493 e. The monoisotopic (exact) mass is 364 g/mol. The van der Waals surface area contributed by atoms with Crippen LogP contribution in [0.25, 0.3) is 0 Å². The lowest BCUT2D eigenvalue weighted by Crippen LogP contribution is -2.16. The number of hydrogen-bond acceptors (Lipinski definition) is 5. The van der Waals surface area contributed by atoms with Crippen LogP contribution in [0.3, 0.4) is 0 Å². The molecule has 0 heterocycles. The van der Waals surface area contributed by atoms with E-state index in [4.69, 9.17) is 14.2 Å². The average molecular weight is 364 g/mol. The molecule has 0 aromatic heterocycles. The van der Waals surface area contributed by atoms with Gasteiger partial charge in [0.25, 0.3) is 0 Å². The van der Waals surface area contributed by atoms with Crippen LogP contribution in [0.5, 0.6) is 17.2 Å². The Morgan fingerprint density at radius 1 is 0.962 bits per heavy atom. The molecule has 1 aromatic carbocycles. The fraction of sp³-hybridized carbons (Fsp3) is 0.600. The summed E-state index contributed by atoms with van der Waals surface area (Å²) in [6, 6.07) is 3.54. The Balaban J connectivity index is 2.42. The third kappa shape index (κ3) is 7.76. The van der Waals surface area contributed by atoms with Gasteiger partial charge in [-0.2, -0.15) is 5.10 Å². The van der Waals surface area contributed by atoms with Crippen LogP contribution in [0.1, 0.15) is 63.9 Å². The van der Waals surface area contributed by atoms with E-state index in [2.05, 4.69) is 17.5 Å². The number of ether oxygens (including phenoxy) is 3. The normalized spacial score (nSPS) is 10.8. The van der Waals surface area contributed by atoms with E-state index in [9.17, 15) is 4.79 Å². The van der Waals surface area contributed by atoms with Crippen LogP contribution in [-0.2, 0) is 4.79 Å². The molecule has 1 rings (SSSR count). The predicted molar refractivity (Wildman–Crippen MR) is 104 cm³/mol. The molecule has 0 radical (unpaired) electrons. The van der Waals surface area contributed by atoms with Crippen LogP contribution < -0.4 is 19.6 Å². The van der Waals surface area contributed by atoms with Crippen LogP contribution in [-0.4, -0.2) is 33.5 Å². The van der Waals surface area contributed by atoms with E-state index in [-0.39, 0.29) is 5.91 Å². The third-order valence-electron chi connectivity index (χ3n) is 4.10. The molecule has 1 amide bonds. The van der Waals surface area contributed by atoms with Gasteiger partial charge in [0.2, 0.25) is 11.7 Å². The van der Waals surface area contributed by atoms with Crippen molar-refractivity contribution >= 4 is 12.1 Å². The van der Waals surface area contributed by atoms with Gasteiger partial charge in [0.15, 0.2) is 11.5 Å². The lowest BCUT2D eigenvalue weighted by Gasteiger charge is -2.12. The van der Waals surface area contributed by atoms with Crippen LogP contribution in [0, 0.1) is 0 Å². The Morgan fingerprint density at radius 3 is 2.08 bits per heavy atom. The molecule has 0 aliphatic heterocycles. The first-order valence-corrected chi connectivity index (χ1v) is 9.28. The number of carbonyl (C=O) groups excluding carboxylic acids is 1. The highest BCUT2D eigenvalue weighted by Gasteiger charge is 2.12. The summed E-state index contributed by atoms with van der Waals surface area (Å²) >= 11 is 0. The van der Waals surface area contributed by atoms with Crippen molar-refractivity contribution in [1.29, 1.82) is 0 Å². The molecule has 1 N–H and O–H groups in total. The summed E-state index contributed by atoms with van der Waals surface area (Å²) < 4.78 is 15.9. The molecule has 6 heteroatoms. The van der Waals surface area contributed by atoms with Gasteiger partial charge < -0.3 is 14.2 Å². The van der Waals surface area contributed by atoms with E-state index in [1.165, 1.54) is 32.1 Å². The van der Waals surface area contributed by atoms with Crippen LogP contribution in [0.4, 0.5) is 0 Å². The van der Waals surface area contributed by atoms with Gasteiger partial charge in [-0.25, -0.2) is 5.43 Å². The van der Waals surface area contributed by atoms with Crippen molar-refractivity contribution in [2.75, 3.05) is 21.3 Å². The smallest absolute Gasteiger partial charge is 0.240 e. The second-order valence-electron chi connectivity index (χ2n) is 6.12. The van der Waals surface area contributed by atoms with E-state index in [1.54, 1.807) is 39.7 Å². The summed E-state index contributed by atoms with van der Waals surface area (Å²) in [6.07, 6.45) is 10.4. The van der Waals surface area contributed by atoms with Gasteiger partial charge in [0.1, 0.15) is 0 Å². The summed E-state index contributed by atoms with van der Waals surface area (Å²) in [5.74, 6) is 1.54. The first-order valence-electron chi connectivity index (χ1n) is 9.28. The largest absolute Gasteiger partial charge is 0.493 e. The average Bonchev–Trinajstić information content (AvgIpc) is 2.66. The van der Waals surface area contributed by atoms with E-state index in [0.29, 0.717) is 23.7 Å². The van der Waals surface area contributed by atoms with Crippen molar-refractivity contribution in [3.63, 3.8) is 0 Å². The molecule has 0 bridgehead atoms. The summed E-state index contributed by atoms with van der Waals surface area (Å²) in [5.41, 5.74) is 3.31. The molecule has 0 saturated carbocycles. The molecule has 0 unspecified atom stereocenters. The summed E-state index contributed by atoms with van der Waals surface area (Å²) in [4.78, 5) is 11.8. The molecule has 0 fully saturated rings. The van der Waals surface area contributed by atoms with Crippen molar-refractivity contribution < 1.29 is 19.0 Å². The molecule has 1 aromatic rings. The molecule has 0 atom stereocenters. The quantitative estimate of drug-likeness (QED) is 0.322. The topological polar surface area (TPSA) is 69.2 Å². The van der Waals surface area contributed by atoms with Gasteiger partial charge >= 0.3 is 0 Å². The van der Waals surface area contributed by atoms with Crippen molar-refractivity contribution in [3.8, 4) is 17.2 Å². The minimum absolute atomic E-state index is 0.0674. The van der Waals surface area contributed by atoms with Crippen LogP contribution in [0.15, 0.2) is 17.2 Å². The highest BCUT2D eigenvalue weighted by molar-refractivity contribution is 5.84. The highest BCUT2D eigenvalue weighted by Crippen LogP contribution is 2.37. The number of hydrogen-bond donors (Lipinski definition) is 1. The maximum Gasteiger partial charge on any atom is 0.240 e. The number of methoxy groups -OCH3 is 3. The molecule has 6 nitrogen and oxygen atoms in total. The number of nitrogens with one attached hydrogen (secondary N) is 1. The zero-order chi connectivity index (χ0) is 19.2. The van der Waals surface area contributed by atoms with E-state index < -0.39 is 0 Å². The SMILES string of the molecule is CCCCCCCCCC(=O)N/N=C/c1cc(OC)c(OC)c(OC)c1. The number of carbonyl (C=O) groups is 1. The van der Waals surface area contributed by atoms with Gasteiger partial charge in [-0.3, -0.25) is 4.79 Å². The van der Waals surface area contributed by atoms with Crippen molar-refractivity contribution in [3.05, 3.63) is 17.7 Å². The van der Waals surface area contributed by atoms with Crippen molar-refractivity contribution in [2.24, 2.45) is 5.10 Å². The first kappa shape index (κ1) is 21.8. The molecule has 26 heavy (non-hydrogen) atoms. The number of amides is 1. The maximum atomic E-state index is 11.8. The Kier molecular flexibility index (Phi) is 10.9. The fourth-order valence-corrected chi connectivity index (χ4v) is 2.65. The number of hydrazone groups is 1. The molecular weight excluding hydrogens is 332 g/mol. The lowest BCUT2D eigenvalue weighted by atomic mass is 10.1. The number of nitrogens with zero attached hydrogens (tertiary/aromatic N) is 1. The maximum absolute atomic E-state index is 11.8. The second-order valence-corrected chi connectivity index (χ2v) is 6.12. The molecular formula is C20H32N2O4. The van der Waals surface area contributed by atoms with E-state index in [1.807, 2.05) is 0 Å². The molecule has 0 aliphatic carbocycles. The number of benzene rings is 1. The molecule has 146 valence electrons. The van der Waals surface area contributed by atoms with E-state index >= 15 is 0 Å². The molecule has 0 spiro atoms. The van der Waals surface area contributed by atoms with Gasteiger partial charge in [-0.05, 0) is 18.6 Å². The predicted octanol–water partition coefficient (Wildman–Crippen LogP) is 4.30. The summed E-state index contributed by atoms with van der Waals surface area (Å²) in [6.45, 7) is 2.21. The van der Waals surface area contributed by atoms with Crippen LogP contribution in [0.2, 0.25) is 0 Å². The Labute approximate surface area is 156 Å². The Hall–Kier alpha value is -2.24. The Morgan fingerprint density at radius 2 is 1.54 bits per heavy atom. The second kappa shape index (κ2) is 13.0. The first-order chi connectivity index (χ1) is 12.7. The zero-order valence-electron chi connectivity index (χ0n) is 16.5. The van der Waals surface area contributed by atoms with Crippen molar-refractivity contribution in [1.82, 2.24) is 5.43 Å². The fourth-order valence-electron chi connectivity index (χ4n) is 2.65. The summed E-state index contributed by atoms with van der Waals surface area (Å²) in [5, 5.41) is 4.01. The van der Waals surface area contributed by atoms with Gasteiger partial charge in [0, 0.05) is 12.0 Å². The minimum atomic E-state index is -0.0674. The molecule has 0 aliphatic rings. The standard InChI is InChI=1S/C20H32N2O4/c1-5-6-7-8-9-10-11-12-19(23)22-21-15-16-13-17(24-2)20(26-4)18(14-16)25-3/h13-15H,5-12H2,1-4H3,(H,22,23)/b21-15+. The van der Waals surface area contributed by atoms with Gasteiger partial charge in [0.05, 0.1) is 27.5 Å². The zero-order valence-corrected chi connectivity index (χ0v) is 16.5. The summed E-state index contributed by atoms with van der Waals surface area (Å²) in [7, 11) is 4.67. The molecule has 0 saturated heterocycles. The van der Waals surface area contributed by atoms with Crippen LogP contribution >= 0.6 is 0 Å². The number of unbranched alkanes of at least 4 members (excludes halogenated alkanes) is 6. The Bertz CT molecular complexity index is 548. The lowest BCUT2D eigenvalue weighted by molar-refractivity contribution is -0.121. The van der Waals surface area contributed by atoms with Gasteiger partial charge in [-0.15, -0.1) is 0 Å².